The lowest BCUT2D eigenvalue weighted by Crippen LogP contribution is -2.02. The predicted molar refractivity (Wildman–Crippen MR) is 84.9 cm³/mol. The molecule has 0 amide bonds. The topological polar surface area (TPSA) is 12.0 Å². The highest BCUT2D eigenvalue weighted by atomic mass is 79.9. The SMILES string of the molecule is Fc1cc(Cl)c(NCc2ccc3c(c2)CCC3)c(Br)c1. The molecule has 0 atom stereocenters. The summed E-state index contributed by atoms with van der Waals surface area (Å²) in [7, 11) is 0. The molecule has 0 aromatic heterocycles. The molecule has 0 spiro atoms. The molecule has 1 N–H and O–H groups in total. The van der Waals surface area contributed by atoms with E-state index < -0.39 is 0 Å². The van der Waals surface area contributed by atoms with Gasteiger partial charge in [-0.25, -0.2) is 4.39 Å². The van der Waals surface area contributed by atoms with Crippen LogP contribution in [0, 0.1) is 5.82 Å². The van der Waals surface area contributed by atoms with Crippen LogP contribution >= 0.6 is 27.5 Å². The zero-order chi connectivity index (χ0) is 14.1. The van der Waals surface area contributed by atoms with Gasteiger partial charge in [0.25, 0.3) is 0 Å². The lowest BCUT2D eigenvalue weighted by Gasteiger charge is -2.12. The molecule has 0 radical (unpaired) electrons. The summed E-state index contributed by atoms with van der Waals surface area (Å²) in [5.74, 6) is -0.343. The van der Waals surface area contributed by atoms with Gasteiger partial charge in [-0.05, 0) is 64.0 Å². The van der Waals surface area contributed by atoms with Gasteiger partial charge in [-0.2, -0.15) is 0 Å². The van der Waals surface area contributed by atoms with E-state index in [-0.39, 0.29) is 5.82 Å². The smallest absolute Gasteiger partial charge is 0.125 e. The Morgan fingerprint density at radius 2 is 1.95 bits per heavy atom. The summed E-state index contributed by atoms with van der Waals surface area (Å²) in [4.78, 5) is 0. The van der Waals surface area contributed by atoms with Gasteiger partial charge < -0.3 is 5.32 Å². The molecule has 4 heteroatoms. The van der Waals surface area contributed by atoms with E-state index in [2.05, 4.69) is 39.4 Å². The van der Waals surface area contributed by atoms with Crippen molar-refractivity contribution in [1.82, 2.24) is 0 Å². The van der Waals surface area contributed by atoms with Crippen molar-refractivity contribution in [3.8, 4) is 0 Å². The van der Waals surface area contributed by atoms with Crippen LogP contribution in [0.5, 0.6) is 0 Å². The highest BCUT2D eigenvalue weighted by Gasteiger charge is 2.12. The van der Waals surface area contributed by atoms with E-state index in [1.165, 1.54) is 48.1 Å². The van der Waals surface area contributed by atoms with E-state index in [9.17, 15) is 4.39 Å². The summed E-state index contributed by atoms with van der Waals surface area (Å²) >= 11 is 9.40. The van der Waals surface area contributed by atoms with E-state index in [1.807, 2.05) is 0 Å². The number of hydrogen-bond donors (Lipinski definition) is 1. The van der Waals surface area contributed by atoms with Gasteiger partial charge in [0.05, 0.1) is 10.7 Å². The summed E-state index contributed by atoms with van der Waals surface area (Å²) in [6.07, 6.45) is 3.62. The molecule has 104 valence electrons. The number of hydrogen-bond acceptors (Lipinski definition) is 1. The van der Waals surface area contributed by atoms with E-state index >= 15 is 0 Å². The van der Waals surface area contributed by atoms with Crippen molar-refractivity contribution in [2.45, 2.75) is 25.8 Å². The summed E-state index contributed by atoms with van der Waals surface area (Å²) in [5.41, 5.74) is 4.87. The first-order chi connectivity index (χ1) is 9.63. The Hall–Kier alpha value is -1.06. The monoisotopic (exact) mass is 353 g/mol. The lowest BCUT2D eigenvalue weighted by atomic mass is 10.1. The maximum Gasteiger partial charge on any atom is 0.125 e. The molecule has 2 aromatic rings. The number of rotatable bonds is 3. The van der Waals surface area contributed by atoms with Crippen LogP contribution in [0.2, 0.25) is 5.02 Å². The van der Waals surface area contributed by atoms with Crippen LogP contribution in [0.1, 0.15) is 23.1 Å². The molecule has 20 heavy (non-hydrogen) atoms. The predicted octanol–water partition coefficient (Wildman–Crippen LogP) is 5.34. The Morgan fingerprint density at radius 1 is 1.15 bits per heavy atom. The first-order valence-corrected chi connectivity index (χ1v) is 7.79. The second-order valence-electron chi connectivity index (χ2n) is 5.05. The number of anilines is 1. The molecule has 1 aliphatic carbocycles. The minimum absolute atomic E-state index is 0.343. The average Bonchev–Trinajstić information content (AvgIpc) is 2.84. The summed E-state index contributed by atoms with van der Waals surface area (Å²) in [6.45, 7) is 0.678. The van der Waals surface area contributed by atoms with Gasteiger partial charge in [0.1, 0.15) is 5.82 Å². The van der Waals surface area contributed by atoms with Gasteiger partial charge in [-0.1, -0.05) is 29.8 Å². The van der Waals surface area contributed by atoms with Crippen LogP contribution in [-0.2, 0) is 19.4 Å². The van der Waals surface area contributed by atoms with Crippen LogP contribution in [0.15, 0.2) is 34.8 Å². The van der Waals surface area contributed by atoms with Gasteiger partial charge in [-0.15, -0.1) is 0 Å². The molecule has 2 aromatic carbocycles. The number of benzene rings is 2. The normalized spacial score (nSPS) is 13.3. The number of aryl methyl sites for hydroxylation is 2. The number of halogens is 3. The molecule has 0 bridgehead atoms. The van der Waals surface area contributed by atoms with Crippen molar-refractivity contribution in [2.75, 3.05) is 5.32 Å². The summed E-state index contributed by atoms with van der Waals surface area (Å²) < 4.78 is 13.8. The zero-order valence-electron chi connectivity index (χ0n) is 10.8. The molecular weight excluding hydrogens is 341 g/mol. The molecule has 1 aliphatic rings. The third kappa shape index (κ3) is 2.84. The van der Waals surface area contributed by atoms with Gasteiger partial charge in [0.2, 0.25) is 0 Å². The Kier molecular flexibility index (Phi) is 3.99. The Balaban J connectivity index is 1.77. The third-order valence-corrected chi connectivity index (χ3v) is 4.56. The summed E-state index contributed by atoms with van der Waals surface area (Å²) in [5, 5.41) is 3.66. The third-order valence-electron chi connectivity index (χ3n) is 3.64. The van der Waals surface area contributed by atoms with E-state index in [0.29, 0.717) is 16.0 Å². The zero-order valence-corrected chi connectivity index (χ0v) is 13.2. The van der Waals surface area contributed by atoms with Crippen LogP contribution in [0.25, 0.3) is 0 Å². The molecule has 0 fully saturated rings. The van der Waals surface area contributed by atoms with Crippen molar-refractivity contribution in [3.63, 3.8) is 0 Å². The summed E-state index contributed by atoms with van der Waals surface area (Å²) in [6, 6.07) is 9.33. The number of nitrogens with one attached hydrogen (secondary N) is 1. The fourth-order valence-corrected chi connectivity index (χ4v) is 3.60. The van der Waals surface area contributed by atoms with Gasteiger partial charge in [-0.3, -0.25) is 0 Å². The second kappa shape index (κ2) is 5.74. The molecule has 3 rings (SSSR count). The Labute approximate surface area is 131 Å². The molecule has 0 saturated carbocycles. The standard InChI is InChI=1S/C16H14BrClFN/c17-14-7-13(19)8-15(18)16(14)20-9-10-4-5-11-2-1-3-12(11)6-10/h4-8,20H,1-3,9H2. The minimum Gasteiger partial charge on any atom is -0.379 e. The molecule has 1 nitrogen and oxygen atoms in total. The molecule has 0 aliphatic heterocycles. The quantitative estimate of drug-likeness (QED) is 0.784. The van der Waals surface area contributed by atoms with Gasteiger partial charge in [0, 0.05) is 11.0 Å². The van der Waals surface area contributed by atoms with Crippen LogP contribution in [0.4, 0.5) is 10.1 Å². The molecule has 0 unspecified atom stereocenters. The van der Waals surface area contributed by atoms with E-state index in [1.54, 1.807) is 0 Å². The Morgan fingerprint density at radius 3 is 2.75 bits per heavy atom. The first kappa shape index (κ1) is 13.9. The second-order valence-corrected chi connectivity index (χ2v) is 6.32. The fourth-order valence-electron chi connectivity index (χ4n) is 2.64. The van der Waals surface area contributed by atoms with Crippen molar-refractivity contribution in [2.24, 2.45) is 0 Å². The number of fused-ring (bicyclic) bond motifs is 1. The first-order valence-electron chi connectivity index (χ1n) is 6.62. The highest BCUT2D eigenvalue weighted by molar-refractivity contribution is 9.10. The van der Waals surface area contributed by atoms with Crippen molar-refractivity contribution in [1.29, 1.82) is 0 Å². The lowest BCUT2D eigenvalue weighted by molar-refractivity contribution is 0.627. The molecular formula is C16H14BrClFN. The maximum atomic E-state index is 13.2. The van der Waals surface area contributed by atoms with Crippen molar-refractivity contribution < 1.29 is 4.39 Å². The molecule has 0 saturated heterocycles. The van der Waals surface area contributed by atoms with Crippen LogP contribution < -0.4 is 5.32 Å². The fraction of sp³-hybridized carbons (Fsp3) is 0.250. The molecule has 0 heterocycles. The average molecular weight is 355 g/mol. The Bertz CT molecular complexity index is 634. The highest BCUT2D eigenvalue weighted by Crippen LogP contribution is 2.32. The minimum atomic E-state index is -0.343. The van der Waals surface area contributed by atoms with Crippen LogP contribution in [0.3, 0.4) is 0 Å². The van der Waals surface area contributed by atoms with Gasteiger partial charge in [0.15, 0.2) is 0 Å². The van der Waals surface area contributed by atoms with Crippen molar-refractivity contribution in [3.05, 3.63) is 62.3 Å². The van der Waals surface area contributed by atoms with Gasteiger partial charge >= 0.3 is 0 Å². The van der Waals surface area contributed by atoms with E-state index in [4.69, 9.17) is 11.6 Å². The van der Waals surface area contributed by atoms with Crippen LogP contribution in [-0.4, -0.2) is 0 Å². The maximum absolute atomic E-state index is 13.2. The van der Waals surface area contributed by atoms with E-state index in [0.717, 1.165) is 5.69 Å². The largest absolute Gasteiger partial charge is 0.379 e. The van der Waals surface area contributed by atoms with Crippen molar-refractivity contribution >= 4 is 33.2 Å².